The van der Waals surface area contributed by atoms with Crippen molar-refractivity contribution in [1.82, 2.24) is 0 Å². The van der Waals surface area contributed by atoms with Gasteiger partial charge in [0.1, 0.15) is 0 Å². The minimum absolute atomic E-state index is 0.116. The van der Waals surface area contributed by atoms with Crippen LogP contribution in [0.2, 0.25) is 5.02 Å². The van der Waals surface area contributed by atoms with Crippen LogP contribution in [0.1, 0.15) is 23.6 Å². The van der Waals surface area contributed by atoms with Gasteiger partial charge in [-0.3, -0.25) is 5.01 Å². The lowest BCUT2D eigenvalue weighted by Crippen LogP contribution is -2.18. The van der Waals surface area contributed by atoms with Crippen molar-refractivity contribution in [1.29, 1.82) is 0 Å². The molecule has 2 heterocycles. The second-order valence-electron chi connectivity index (χ2n) is 6.57. The maximum absolute atomic E-state index is 6.08. The number of fused-ring (bicyclic) bond motifs is 1. The van der Waals surface area contributed by atoms with Crippen LogP contribution in [0.3, 0.4) is 0 Å². The first-order valence-corrected chi connectivity index (χ1v) is 9.23. The lowest BCUT2D eigenvalue weighted by molar-refractivity contribution is 0.174. The van der Waals surface area contributed by atoms with Crippen molar-refractivity contribution in [2.75, 3.05) is 11.8 Å². The fourth-order valence-corrected chi connectivity index (χ4v) is 3.65. The molecule has 2 aliphatic heterocycles. The van der Waals surface area contributed by atoms with Gasteiger partial charge in [0.05, 0.1) is 17.4 Å². The Morgan fingerprint density at radius 1 is 0.889 bits per heavy atom. The summed E-state index contributed by atoms with van der Waals surface area (Å²) in [6.07, 6.45) is 0.802. The fraction of sp³-hybridized carbons (Fsp3) is 0.136. The highest BCUT2D eigenvalue weighted by Crippen LogP contribution is 2.39. The molecule has 0 N–H and O–H groups in total. The van der Waals surface area contributed by atoms with Crippen molar-refractivity contribution in [3.8, 4) is 11.5 Å². The van der Waals surface area contributed by atoms with E-state index in [2.05, 4.69) is 29.3 Å². The third-order valence-corrected chi connectivity index (χ3v) is 5.14. The van der Waals surface area contributed by atoms with Crippen LogP contribution in [0.4, 0.5) is 5.69 Å². The Morgan fingerprint density at radius 2 is 1.67 bits per heavy atom. The fourth-order valence-electron chi connectivity index (χ4n) is 3.52. The molecule has 3 aromatic carbocycles. The van der Waals surface area contributed by atoms with Gasteiger partial charge < -0.3 is 9.47 Å². The minimum atomic E-state index is 0.116. The van der Waals surface area contributed by atoms with Crippen molar-refractivity contribution in [3.63, 3.8) is 0 Å². The number of nitrogens with zero attached hydrogens (tertiary/aromatic N) is 2. The molecule has 0 bridgehead atoms. The summed E-state index contributed by atoms with van der Waals surface area (Å²) in [5.74, 6) is 1.56. The molecule has 4 nitrogen and oxygen atoms in total. The average molecular weight is 377 g/mol. The monoisotopic (exact) mass is 376 g/mol. The molecule has 0 amide bonds. The molecule has 0 aliphatic carbocycles. The van der Waals surface area contributed by atoms with Gasteiger partial charge in [-0.1, -0.05) is 41.9 Å². The SMILES string of the molecule is Clc1ccc(C2CC(c3ccc4c(c3)OCO4)=NN2c2ccccc2)cc1. The topological polar surface area (TPSA) is 34.1 Å². The number of halogens is 1. The van der Waals surface area contributed by atoms with Gasteiger partial charge in [0.2, 0.25) is 6.79 Å². The second-order valence-corrected chi connectivity index (χ2v) is 7.00. The molecular formula is C22H17ClN2O2. The Labute approximate surface area is 162 Å². The summed E-state index contributed by atoms with van der Waals surface area (Å²) in [6, 6.07) is 24.3. The van der Waals surface area contributed by atoms with Gasteiger partial charge in [0, 0.05) is 17.0 Å². The Balaban J connectivity index is 1.54. The van der Waals surface area contributed by atoms with Gasteiger partial charge in [-0.15, -0.1) is 0 Å². The normalized spacial score (nSPS) is 17.9. The van der Waals surface area contributed by atoms with E-state index < -0.39 is 0 Å². The van der Waals surface area contributed by atoms with E-state index in [9.17, 15) is 0 Å². The van der Waals surface area contributed by atoms with Gasteiger partial charge >= 0.3 is 0 Å². The molecule has 27 heavy (non-hydrogen) atoms. The van der Waals surface area contributed by atoms with Gasteiger partial charge in [-0.2, -0.15) is 5.10 Å². The highest BCUT2D eigenvalue weighted by atomic mass is 35.5. The van der Waals surface area contributed by atoms with Crippen LogP contribution in [0.5, 0.6) is 11.5 Å². The van der Waals surface area contributed by atoms with Crippen LogP contribution in [0.15, 0.2) is 77.9 Å². The zero-order valence-electron chi connectivity index (χ0n) is 14.5. The van der Waals surface area contributed by atoms with Crippen LogP contribution in [-0.2, 0) is 0 Å². The van der Waals surface area contributed by atoms with Crippen molar-refractivity contribution in [2.24, 2.45) is 5.10 Å². The lowest BCUT2D eigenvalue weighted by atomic mass is 9.98. The summed E-state index contributed by atoms with van der Waals surface area (Å²) in [4.78, 5) is 0. The van der Waals surface area contributed by atoms with Crippen LogP contribution in [-0.4, -0.2) is 12.5 Å². The van der Waals surface area contributed by atoms with Gasteiger partial charge in [-0.05, 0) is 48.0 Å². The number of hydrogen-bond acceptors (Lipinski definition) is 4. The minimum Gasteiger partial charge on any atom is -0.454 e. The van der Waals surface area contributed by atoms with Crippen LogP contribution < -0.4 is 14.5 Å². The summed E-state index contributed by atoms with van der Waals surface area (Å²) >= 11 is 6.08. The first kappa shape index (κ1) is 16.2. The predicted molar refractivity (Wildman–Crippen MR) is 107 cm³/mol. The lowest BCUT2D eigenvalue weighted by Gasteiger charge is -2.24. The van der Waals surface area contributed by atoms with E-state index in [1.54, 1.807) is 0 Å². The first-order chi connectivity index (χ1) is 13.3. The molecule has 0 fully saturated rings. The number of hydrazone groups is 1. The summed E-state index contributed by atoms with van der Waals surface area (Å²) in [6.45, 7) is 0.273. The Kier molecular flexibility index (Phi) is 3.98. The van der Waals surface area contributed by atoms with Crippen LogP contribution >= 0.6 is 11.6 Å². The van der Waals surface area contributed by atoms with E-state index >= 15 is 0 Å². The van der Waals surface area contributed by atoms with Crippen molar-refractivity contribution in [2.45, 2.75) is 12.5 Å². The third kappa shape index (κ3) is 3.02. The van der Waals surface area contributed by atoms with E-state index in [4.69, 9.17) is 26.2 Å². The quantitative estimate of drug-likeness (QED) is 0.611. The average Bonchev–Trinajstić information content (AvgIpc) is 3.36. The molecule has 0 saturated heterocycles. The molecule has 134 valence electrons. The van der Waals surface area contributed by atoms with Gasteiger partial charge in [0.25, 0.3) is 0 Å². The molecule has 0 spiro atoms. The molecule has 0 aromatic heterocycles. The second kappa shape index (κ2) is 6.63. The van der Waals surface area contributed by atoms with Crippen molar-refractivity contribution < 1.29 is 9.47 Å². The number of para-hydroxylation sites is 1. The summed E-state index contributed by atoms with van der Waals surface area (Å²) in [5, 5.41) is 7.78. The van der Waals surface area contributed by atoms with E-state index in [-0.39, 0.29) is 12.8 Å². The highest BCUT2D eigenvalue weighted by Gasteiger charge is 2.30. The van der Waals surface area contributed by atoms with Gasteiger partial charge in [0.15, 0.2) is 11.5 Å². The zero-order valence-corrected chi connectivity index (χ0v) is 15.3. The van der Waals surface area contributed by atoms with Crippen LogP contribution in [0.25, 0.3) is 0 Å². The largest absolute Gasteiger partial charge is 0.454 e. The molecule has 1 atom stereocenters. The van der Waals surface area contributed by atoms with Crippen molar-refractivity contribution in [3.05, 3.63) is 88.9 Å². The Bertz CT molecular complexity index is 1000. The molecule has 3 aromatic rings. The maximum Gasteiger partial charge on any atom is 0.231 e. The zero-order chi connectivity index (χ0) is 18.2. The van der Waals surface area contributed by atoms with E-state index in [0.717, 1.165) is 39.9 Å². The summed E-state index contributed by atoms with van der Waals surface area (Å²) in [5.41, 5.74) is 4.32. The Hall–Kier alpha value is -2.98. The number of anilines is 1. The number of hydrogen-bond donors (Lipinski definition) is 0. The number of benzene rings is 3. The molecular weight excluding hydrogens is 360 g/mol. The molecule has 0 saturated carbocycles. The van der Waals surface area contributed by atoms with E-state index in [1.807, 2.05) is 48.5 Å². The smallest absolute Gasteiger partial charge is 0.231 e. The standard InChI is InChI=1S/C22H17ClN2O2/c23-17-9-6-15(7-10-17)20-13-19(24-25(20)18-4-2-1-3-5-18)16-8-11-21-22(12-16)27-14-26-21/h1-12,20H,13-14H2. The molecule has 5 rings (SSSR count). The molecule has 2 aliphatic rings. The summed E-state index contributed by atoms with van der Waals surface area (Å²) in [7, 11) is 0. The molecule has 5 heteroatoms. The summed E-state index contributed by atoms with van der Waals surface area (Å²) < 4.78 is 11.0. The van der Waals surface area contributed by atoms with E-state index in [1.165, 1.54) is 5.56 Å². The molecule has 1 unspecified atom stereocenters. The molecule has 0 radical (unpaired) electrons. The first-order valence-electron chi connectivity index (χ1n) is 8.85. The maximum atomic E-state index is 6.08. The van der Waals surface area contributed by atoms with Gasteiger partial charge in [-0.25, -0.2) is 0 Å². The Morgan fingerprint density at radius 3 is 2.48 bits per heavy atom. The third-order valence-electron chi connectivity index (χ3n) is 4.89. The number of ether oxygens (including phenoxy) is 2. The van der Waals surface area contributed by atoms with Crippen molar-refractivity contribution >= 4 is 23.0 Å². The predicted octanol–water partition coefficient (Wildman–Crippen LogP) is 5.42. The van der Waals surface area contributed by atoms with Crippen LogP contribution in [0, 0.1) is 0 Å². The highest BCUT2D eigenvalue weighted by molar-refractivity contribution is 6.30. The number of rotatable bonds is 3. The van der Waals surface area contributed by atoms with E-state index in [0.29, 0.717) is 0 Å².